The van der Waals surface area contributed by atoms with E-state index in [4.69, 9.17) is 11.6 Å². The average Bonchev–Trinajstić information content (AvgIpc) is 3.44. The molecule has 1 N–H and O–H groups in total. The minimum atomic E-state index is -4.35. The van der Waals surface area contributed by atoms with Gasteiger partial charge in [-0.2, -0.15) is 13.2 Å². The summed E-state index contributed by atoms with van der Waals surface area (Å²) in [6, 6.07) is -0.587. The summed E-state index contributed by atoms with van der Waals surface area (Å²) in [7, 11) is 0. The SMILES string of the molecule is C=C(/C=C\C(Cl)=C/C)[C@H](C(=O)N1CCN(c2ncnc3c2[C@H](C)C[C@H]3O)CC1)[C@@H]1CCCN1CC(F)(F)F. The molecule has 208 valence electrons. The number of aliphatic hydroxyl groups is 1. The number of likely N-dealkylation sites (tertiary alicyclic amines) is 1. The highest BCUT2D eigenvalue weighted by Crippen LogP contribution is 2.43. The van der Waals surface area contributed by atoms with Crippen LogP contribution in [-0.2, 0) is 4.79 Å². The number of alkyl halides is 3. The number of carbonyl (C=O) groups excluding carboxylic acids is 1. The van der Waals surface area contributed by atoms with Crippen LogP contribution >= 0.6 is 11.6 Å². The summed E-state index contributed by atoms with van der Waals surface area (Å²) in [6.45, 7) is 9.00. The van der Waals surface area contributed by atoms with E-state index in [9.17, 15) is 23.1 Å². The minimum absolute atomic E-state index is 0.126. The number of fused-ring (bicyclic) bond motifs is 1. The molecule has 0 spiro atoms. The fourth-order valence-electron chi connectivity index (χ4n) is 5.90. The number of aromatic nitrogens is 2. The van der Waals surface area contributed by atoms with Crippen molar-refractivity contribution in [1.29, 1.82) is 0 Å². The summed E-state index contributed by atoms with van der Waals surface area (Å²) >= 11 is 6.10. The summed E-state index contributed by atoms with van der Waals surface area (Å²) in [5.74, 6) is -0.112. The maximum Gasteiger partial charge on any atom is 0.401 e. The van der Waals surface area contributed by atoms with Crippen molar-refractivity contribution in [2.45, 2.75) is 57.3 Å². The zero-order valence-electron chi connectivity index (χ0n) is 21.8. The molecule has 1 aromatic rings. The molecule has 3 heterocycles. The number of allylic oxidation sites excluding steroid dienone is 4. The van der Waals surface area contributed by atoms with Crippen molar-refractivity contribution in [2.75, 3.05) is 44.2 Å². The monoisotopic (exact) mass is 553 g/mol. The third kappa shape index (κ3) is 6.24. The summed E-state index contributed by atoms with van der Waals surface area (Å²) in [4.78, 5) is 27.8. The first-order valence-corrected chi connectivity index (χ1v) is 13.4. The van der Waals surface area contributed by atoms with E-state index >= 15 is 0 Å². The van der Waals surface area contributed by atoms with Gasteiger partial charge in [0.2, 0.25) is 5.91 Å². The molecular formula is C27H35ClF3N5O2. The normalized spacial score (nSPS) is 25.8. The summed E-state index contributed by atoms with van der Waals surface area (Å²) in [5, 5.41) is 10.8. The Morgan fingerprint density at radius 2 is 1.95 bits per heavy atom. The molecule has 2 saturated heterocycles. The second kappa shape index (κ2) is 11.8. The molecule has 0 radical (unpaired) electrons. The zero-order valence-corrected chi connectivity index (χ0v) is 22.5. The number of hydrogen-bond acceptors (Lipinski definition) is 6. The molecule has 2 fully saturated rings. The number of amides is 1. The van der Waals surface area contributed by atoms with E-state index < -0.39 is 30.8 Å². The number of rotatable bonds is 7. The molecule has 3 aliphatic rings. The Morgan fingerprint density at radius 3 is 2.61 bits per heavy atom. The molecule has 1 aromatic heterocycles. The first-order valence-electron chi connectivity index (χ1n) is 13.1. The Kier molecular flexibility index (Phi) is 8.84. The number of nitrogens with zero attached hydrogens (tertiary/aromatic N) is 5. The molecule has 0 aromatic carbocycles. The van der Waals surface area contributed by atoms with Gasteiger partial charge < -0.3 is 14.9 Å². The predicted molar refractivity (Wildman–Crippen MR) is 141 cm³/mol. The fraction of sp³-hybridized carbons (Fsp3) is 0.593. The Balaban J connectivity index is 1.52. The Hall–Kier alpha value is -2.43. The number of halogens is 4. The lowest BCUT2D eigenvalue weighted by molar-refractivity contribution is -0.153. The highest BCUT2D eigenvalue weighted by atomic mass is 35.5. The van der Waals surface area contributed by atoms with Crippen molar-refractivity contribution >= 4 is 23.3 Å². The van der Waals surface area contributed by atoms with Crippen LogP contribution in [0.5, 0.6) is 0 Å². The van der Waals surface area contributed by atoms with Gasteiger partial charge in [-0.15, -0.1) is 0 Å². The minimum Gasteiger partial charge on any atom is -0.387 e. The molecular weight excluding hydrogens is 519 g/mol. The van der Waals surface area contributed by atoms with Crippen molar-refractivity contribution in [3.05, 3.63) is 53.0 Å². The molecule has 4 rings (SSSR count). The van der Waals surface area contributed by atoms with Gasteiger partial charge in [-0.25, -0.2) is 9.97 Å². The lowest BCUT2D eigenvalue weighted by Crippen LogP contribution is -2.54. The van der Waals surface area contributed by atoms with Crippen LogP contribution in [0.2, 0.25) is 0 Å². The van der Waals surface area contributed by atoms with Gasteiger partial charge in [-0.05, 0) is 50.3 Å². The molecule has 7 nitrogen and oxygen atoms in total. The van der Waals surface area contributed by atoms with Gasteiger partial charge >= 0.3 is 6.18 Å². The van der Waals surface area contributed by atoms with Crippen molar-refractivity contribution in [3.63, 3.8) is 0 Å². The molecule has 11 heteroatoms. The van der Waals surface area contributed by atoms with E-state index in [2.05, 4.69) is 21.4 Å². The van der Waals surface area contributed by atoms with Gasteiger partial charge in [-0.1, -0.05) is 37.3 Å². The van der Waals surface area contributed by atoms with Crippen LogP contribution in [0, 0.1) is 5.92 Å². The summed E-state index contributed by atoms with van der Waals surface area (Å²) in [5.41, 5.74) is 2.06. The average molecular weight is 554 g/mol. The van der Waals surface area contributed by atoms with Gasteiger partial charge in [-0.3, -0.25) is 9.69 Å². The maximum atomic E-state index is 13.9. The van der Waals surface area contributed by atoms with Crippen LogP contribution in [0.3, 0.4) is 0 Å². The van der Waals surface area contributed by atoms with Crippen LogP contribution in [0.1, 0.15) is 56.4 Å². The number of hydrogen-bond donors (Lipinski definition) is 1. The number of piperazine rings is 1. The number of carbonyl (C=O) groups is 1. The molecule has 2 aliphatic heterocycles. The molecule has 1 amide bonds. The quantitative estimate of drug-likeness (QED) is 0.499. The van der Waals surface area contributed by atoms with Gasteiger partial charge in [0.05, 0.1) is 24.3 Å². The van der Waals surface area contributed by atoms with Crippen LogP contribution < -0.4 is 4.90 Å². The van der Waals surface area contributed by atoms with Crippen LogP contribution in [0.4, 0.5) is 19.0 Å². The van der Waals surface area contributed by atoms with Gasteiger partial charge in [0, 0.05) is 42.8 Å². The highest BCUT2D eigenvalue weighted by molar-refractivity contribution is 6.31. The third-order valence-corrected chi connectivity index (χ3v) is 8.09. The number of aliphatic hydroxyl groups excluding tert-OH is 1. The van der Waals surface area contributed by atoms with Crippen molar-refractivity contribution in [2.24, 2.45) is 5.92 Å². The van der Waals surface area contributed by atoms with Crippen molar-refractivity contribution in [1.82, 2.24) is 19.8 Å². The van der Waals surface area contributed by atoms with E-state index in [0.717, 1.165) is 11.4 Å². The van der Waals surface area contributed by atoms with Crippen molar-refractivity contribution < 1.29 is 23.1 Å². The van der Waals surface area contributed by atoms with Crippen LogP contribution in [0.15, 0.2) is 41.7 Å². The number of anilines is 1. The van der Waals surface area contributed by atoms with E-state index in [1.165, 1.54) is 11.2 Å². The highest BCUT2D eigenvalue weighted by Gasteiger charge is 2.43. The standard InChI is InChI=1S/C27H35ClF3N5O2/c1-4-19(28)8-7-17(2)22(20-6-5-9-36(20)15-27(29,30)31)26(38)35-12-10-34(11-13-35)25-23-18(3)14-21(37)24(23)32-16-33-25/h4,7-8,16,18,20-22,37H,2,5-6,9-15H2,1,3H3/b8-7-,19-4+/t18-,20+,21-,22+/m1/s1. The zero-order chi connectivity index (χ0) is 27.6. The van der Waals surface area contributed by atoms with Gasteiger partial charge in [0.1, 0.15) is 12.1 Å². The smallest absolute Gasteiger partial charge is 0.387 e. The first-order chi connectivity index (χ1) is 18.0. The third-order valence-electron chi connectivity index (χ3n) is 7.75. The molecule has 0 saturated carbocycles. The topological polar surface area (TPSA) is 72.8 Å². The Bertz CT molecular complexity index is 1100. The van der Waals surface area contributed by atoms with E-state index in [1.54, 1.807) is 30.1 Å². The lowest BCUT2D eigenvalue weighted by Gasteiger charge is -2.40. The van der Waals surface area contributed by atoms with E-state index in [-0.39, 0.29) is 18.4 Å². The Morgan fingerprint density at radius 1 is 1.24 bits per heavy atom. The van der Waals surface area contributed by atoms with Crippen LogP contribution in [-0.4, -0.2) is 82.3 Å². The first kappa shape index (κ1) is 28.6. The molecule has 1 aliphatic carbocycles. The fourth-order valence-corrected chi connectivity index (χ4v) is 5.97. The largest absolute Gasteiger partial charge is 0.401 e. The van der Waals surface area contributed by atoms with Gasteiger partial charge in [0.15, 0.2) is 0 Å². The van der Waals surface area contributed by atoms with Crippen molar-refractivity contribution in [3.8, 4) is 0 Å². The lowest BCUT2D eigenvalue weighted by atomic mass is 9.88. The van der Waals surface area contributed by atoms with Crippen LogP contribution in [0.25, 0.3) is 0 Å². The molecule has 4 atom stereocenters. The predicted octanol–water partition coefficient (Wildman–Crippen LogP) is 4.56. The van der Waals surface area contributed by atoms with Gasteiger partial charge in [0.25, 0.3) is 0 Å². The van der Waals surface area contributed by atoms with E-state index in [0.29, 0.717) is 61.7 Å². The second-order valence-corrected chi connectivity index (χ2v) is 10.8. The molecule has 0 unspecified atom stereocenters. The maximum absolute atomic E-state index is 13.9. The summed E-state index contributed by atoms with van der Waals surface area (Å²) < 4.78 is 40.0. The summed E-state index contributed by atoms with van der Waals surface area (Å²) in [6.07, 6.45) is 3.14. The second-order valence-electron chi connectivity index (χ2n) is 10.3. The Labute approximate surface area is 226 Å². The molecule has 38 heavy (non-hydrogen) atoms. The molecule has 0 bridgehead atoms. The van der Waals surface area contributed by atoms with E-state index in [1.807, 2.05) is 6.92 Å².